The fourth-order valence-corrected chi connectivity index (χ4v) is 5.90. The molecule has 6 rings (SSSR count). The van der Waals surface area contributed by atoms with Crippen molar-refractivity contribution in [3.05, 3.63) is 62.5 Å². The summed E-state index contributed by atoms with van der Waals surface area (Å²) in [4.78, 5) is 30.4. The Morgan fingerprint density at radius 3 is 2.71 bits per heavy atom. The number of aromatic nitrogens is 3. The summed E-state index contributed by atoms with van der Waals surface area (Å²) in [6.07, 6.45) is 3.75. The second kappa shape index (κ2) is 7.67. The molecule has 1 aromatic carbocycles. The predicted octanol–water partition coefficient (Wildman–Crippen LogP) is 2.59. The van der Waals surface area contributed by atoms with Crippen molar-refractivity contribution in [3.8, 4) is 16.3 Å². The first-order valence-corrected chi connectivity index (χ1v) is 11.9. The van der Waals surface area contributed by atoms with Crippen LogP contribution in [0.1, 0.15) is 40.8 Å². The molecular weight excluding hydrogens is 464 g/mol. The van der Waals surface area contributed by atoms with Gasteiger partial charge in [0.2, 0.25) is 5.43 Å². The van der Waals surface area contributed by atoms with E-state index in [9.17, 15) is 23.5 Å². The maximum Gasteiger partial charge on any atom is 0.276 e. The lowest BCUT2D eigenvalue weighted by molar-refractivity contribution is 0.0443. The quantitative estimate of drug-likeness (QED) is 0.611. The molecule has 34 heavy (non-hydrogen) atoms. The van der Waals surface area contributed by atoms with Gasteiger partial charge in [-0.2, -0.15) is 0 Å². The third-order valence-corrected chi connectivity index (χ3v) is 7.73. The van der Waals surface area contributed by atoms with E-state index in [4.69, 9.17) is 0 Å². The molecule has 1 saturated heterocycles. The number of carbonyl (C=O) groups excluding carboxylic acids is 1. The van der Waals surface area contributed by atoms with Crippen molar-refractivity contribution in [1.82, 2.24) is 24.6 Å². The second-order valence-corrected chi connectivity index (χ2v) is 10.2. The molecule has 0 spiro atoms. The van der Waals surface area contributed by atoms with E-state index in [2.05, 4.69) is 15.1 Å². The Hall–Kier alpha value is -3.18. The number of rotatable bonds is 4. The monoisotopic (exact) mass is 485 g/mol. The minimum atomic E-state index is -0.695. The van der Waals surface area contributed by atoms with Crippen LogP contribution < -0.4 is 5.43 Å². The van der Waals surface area contributed by atoms with Crippen LogP contribution >= 0.6 is 11.3 Å². The molecule has 1 saturated carbocycles. The Labute approximate surface area is 197 Å². The van der Waals surface area contributed by atoms with Crippen LogP contribution in [0.5, 0.6) is 5.75 Å². The average Bonchev–Trinajstić information content (AvgIpc) is 3.44. The molecule has 11 heteroatoms. The predicted molar refractivity (Wildman–Crippen MR) is 120 cm³/mol. The lowest BCUT2D eigenvalue weighted by atomic mass is 10.1. The number of amides is 1. The first-order valence-electron chi connectivity index (χ1n) is 11.1. The van der Waals surface area contributed by atoms with Crippen molar-refractivity contribution in [3.63, 3.8) is 0 Å². The van der Waals surface area contributed by atoms with E-state index >= 15 is 0 Å². The molecule has 176 valence electrons. The van der Waals surface area contributed by atoms with Crippen LogP contribution in [0.2, 0.25) is 0 Å². The van der Waals surface area contributed by atoms with Gasteiger partial charge in [0.15, 0.2) is 16.5 Å². The third kappa shape index (κ3) is 3.33. The smallest absolute Gasteiger partial charge is 0.276 e. The number of hydrogen-bond acceptors (Lipinski definition) is 7. The fourth-order valence-electron chi connectivity index (χ4n) is 5.03. The van der Waals surface area contributed by atoms with Gasteiger partial charge in [-0.1, -0.05) is 17.4 Å². The number of halogens is 2. The van der Waals surface area contributed by atoms with Gasteiger partial charge >= 0.3 is 0 Å². The van der Waals surface area contributed by atoms with Gasteiger partial charge in [-0.25, -0.2) is 8.78 Å². The van der Waals surface area contributed by atoms with E-state index < -0.39 is 22.8 Å². The highest BCUT2D eigenvalue weighted by Gasteiger charge is 2.49. The van der Waals surface area contributed by atoms with Crippen LogP contribution in [0.25, 0.3) is 10.6 Å². The number of benzene rings is 1. The van der Waals surface area contributed by atoms with Gasteiger partial charge in [-0.05, 0) is 31.4 Å². The Balaban J connectivity index is 1.35. The molecule has 0 unspecified atom stereocenters. The van der Waals surface area contributed by atoms with Gasteiger partial charge in [-0.15, -0.1) is 10.2 Å². The maximum absolute atomic E-state index is 14.0. The van der Waals surface area contributed by atoms with Crippen LogP contribution in [0.4, 0.5) is 8.78 Å². The third-order valence-electron chi connectivity index (χ3n) is 6.78. The number of nitrogens with zero attached hydrogens (tertiary/aromatic N) is 5. The molecular formula is C23H21F2N5O3S. The normalized spacial score (nSPS) is 22.2. The summed E-state index contributed by atoms with van der Waals surface area (Å²) in [5.74, 6) is -2.30. The lowest BCUT2D eigenvalue weighted by Gasteiger charge is -2.37. The van der Waals surface area contributed by atoms with Gasteiger partial charge in [0.25, 0.3) is 5.91 Å². The molecule has 3 aromatic rings. The number of carbonyl (C=O) groups is 1. The zero-order valence-corrected chi connectivity index (χ0v) is 19.1. The topological polar surface area (TPSA) is 91.6 Å². The molecule has 1 amide bonds. The molecule has 3 aliphatic rings. The molecule has 2 aliphatic heterocycles. The highest BCUT2D eigenvalue weighted by molar-refractivity contribution is 7.14. The summed E-state index contributed by atoms with van der Waals surface area (Å²) < 4.78 is 28.8. The minimum absolute atomic E-state index is 0.00129. The summed E-state index contributed by atoms with van der Waals surface area (Å²) in [7, 11) is 0. The molecule has 1 aliphatic carbocycles. The van der Waals surface area contributed by atoms with Crippen LogP contribution in [-0.2, 0) is 13.0 Å². The van der Waals surface area contributed by atoms with E-state index in [-0.39, 0.29) is 46.4 Å². The molecule has 4 heterocycles. The largest absolute Gasteiger partial charge is 0.503 e. The van der Waals surface area contributed by atoms with Gasteiger partial charge in [0, 0.05) is 37.3 Å². The summed E-state index contributed by atoms with van der Waals surface area (Å²) in [6, 6.07) is 3.79. The average molecular weight is 486 g/mol. The molecule has 8 nitrogen and oxygen atoms in total. The van der Waals surface area contributed by atoms with Gasteiger partial charge in [-0.3, -0.25) is 14.5 Å². The summed E-state index contributed by atoms with van der Waals surface area (Å²) >= 11 is 1.09. The first kappa shape index (κ1) is 21.4. The van der Waals surface area contributed by atoms with Crippen molar-refractivity contribution in [2.24, 2.45) is 0 Å². The summed E-state index contributed by atoms with van der Waals surface area (Å²) in [5.41, 5.74) is -0.308. The first-order chi connectivity index (χ1) is 16.3. The van der Waals surface area contributed by atoms with Gasteiger partial charge in [0.05, 0.1) is 12.1 Å². The highest BCUT2D eigenvalue weighted by atomic mass is 32.1. The zero-order valence-electron chi connectivity index (χ0n) is 18.2. The zero-order chi connectivity index (χ0) is 23.7. The molecule has 2 aromatic heterocycles. The van der Waals surface area contributed by atoms with Gasteiger partial charge < -0.3 is 14.6 Å². The molecule has 0 bridgehead atoms. The second-order valence-electron chi connectivity index (χ2n) is 9.10. The van der Waals surface area contributed by atoms with Crippen molar-refractivity contribution in [2.75, 3.05) is 6.54 Å². The van der Waals surface area contributed by atoms with E-state index in [1.807, 2.05) is 6.92 Å². The standard InChI is InChI=1S/C23H21F2N5O3S/c1-11-8-29(14-4-5-14)18-10-28-9-15(20(31)21(32)19(28)23(33)30(11)18)22-27-26-17(34-22)6-12-2-3-13(24)7-16(12)25/h2-3,7,9,11,14,18,32H,4-6,8,10H2,1H3/t11-,18-/m0/s1. The SMILES string of the molecule is C[C@H]1CN(C2CC2)[C@@H]2Cn3cc(-c4nnc(Cc5ccc(F)cc5F)s4)c(=O)c(O)c3C(=O)N12. The Bertz CT molecular complexity index is 1390. The van der Waals surface area contributed by atoms with Gasteiger partial charge in [0.1, 0.15) is 22.8 Å². The Morgan fingerprint density at radius 1 is 1.18 bits per heavy atom. The highest BCUT2D eigenvalue weighted by Crippen LogP contribution is 2.39. The van der Waals surface area contributed by atoms with E-state index in [1.54, 1.807) is 15.7 Å². The van der Waals surface area contributed by atoms with Crippen molar-refractivity contribution in [2.45, 2.75) is 51.0 Å². The lowest BCUT2D eigenvalue weighted by Crippen LogP contribution is -2.52. The van der Waals surface area contributed by atoms with Crippen LogP contribution in [-0.4, -0.2) is 60.4 Å². The Morgan fingerprint density at radius 2 is 1.97 bits per heavy atom. The van der Waals surface area contributed by atoms with E-state index in [1.165, 1.54) is 12.1 Å². The molecule has 2 fully saturated rings. The summed E-state index contributed by atoms with van der Waals surface area (Å²) in [5, 5.41) is 19.6. The van der Waals surface area contributed by atoms with Crippen LogP contribution in [0.3, 0.4) is 0 Å². The van der Waals surface area contributed by atoms with Crippen molar-refractivity contribution in [1.29, 1.82) is 0 Å². The number of hydrogen-bond donors (Lipinski definition) is 1. The van der Waals surface area contributed by atoms with E-state index in [0.29, 0.717) is 17.6 Å². The minimum Gasteiger partial charge on any atom is -0.503 e. The summed E-state index contributed by atoms with van der Waals surface area (Å²) in [6.45, 7) is 3.20. The molecule has 1 N–H and O–H groups in total. The molecule has 2 atom stereocenters. The fraction of sp³-hybridized carbons (Fsp3) is 0.391. The maximum atomic E-state index is 14.0. The van der Waals surface area contributed by atoms with Crippen molar-refractivity contribution >= 4 is 17.2 Å². The van der Waals surface area contributed by atoms with Crippen LogP contribution in [0.15, 0.2) is 29.2 Å². The van der Waals surface area contributed by atoms with Crippen molar-refractivity contribution < 1.29 is 18.7 Å². The number of pyridine rings is 1. The Kier molecular flexibility index (Phi) is 4.82. The number of fused-ring (bicyclic) bond motifs is 2. The van der Waals surface area contributed by atoms with E-state index in [0.717, 1.165) is 36.8 Å². The number of aromatic hydroxyl groups is 1. The van der Waals surface area contributed by atoms with Crippen LogP contribution in [0, 0.1) is 11.6 Å². The molecule has 0 radical (unpaired) electrons.